The number of hydrogen-bond donors (Lipinski definition) is 0. The molecule has 0 N–H and O–H groups in total. The second kappa shape index (κ2) is 5.53. The molecule has 0 aliphatic carbocycles. The predicted octanol–water partition coefficient (Wildman–Crippen LogP) is 2.37. The summed E-state index contributed by atoms with van der Waals surface area (Å²) in [4.78, 5) is 20.1. The Morgan fingerprint density at radius 1 is 1.09 bits per heavy atom. The van der Waals surface area contributed by atoms with Crippen molar-refractivity contribution in [3.05, 3.63) is 62.7 Å². The summed E-state index contributed by atoms with van der Waals surface area (Å²) in [5.41, 5.74) is -0.785. The highest BCUT2D eigenvalue weighted by Crippen LogP contribution is 2.35. The summed E-state index contributed by atoms with van der Waals surface area (Å²) in [6.07, 6.45) is 0.879. The van der Waals surface area contributed by atoms with E-state index in [-0.39, 0.29) is 21.7 Å². The van der Waals surface area contributed by atoms with Gasteiger partial charge in [-0.25, -0.2) is 8.42 Å². The lowest BCUT2D eigenvalue weighted by Crippen LogP contribution is -2.03. The highest BCUT2D eigenvalue weighted by molar-refractivity contribution is 7.90. The Kier molecular flexibility index (Phi) is 3.91. The zero-order valence-electron chi connectivity index (χ0n) is 11.2. The Morgan fingerprint density at radius 2 is 1.77 bits per heavy atom. The maximum absolute atomic E-state index is 11.9. The Hall–Kier alpha value is -2.81. The maximum Gasteiger partial charge on any atom is 0.277 e. The quantitative estimate of drug-likeness (QED) is 0.629. The molecule has 1 radical (unpaired) electrons. The average Bonchev–Trinajstić information content (AvgIpc) is 2.45. The molecule has 0 saturated carbocycles. The largest absolute Gasteiger partial charge is 0.277 e. The van der Waals surface area contributed by atoms with Gasteiger partial charge in [-0.15, -0.1) is 0 Å². The molecule has 2 aromatic rings. The molecule has 8 nitrogen and oxygen atoms in total. The number of non-ortho nitro benzene ring substituents is 1. The lowest BCUT2D eigenvalue weighted by molar-refractivity contribution is -0.385. The van der Waals surface area contributed by atoms with E-state index in [1.54, 1.807) is 0 Å². The number of hydrogen-bond acceptors (Lipinski definition) is 6. The van der Waals surface area contributed by atoms with Crippen LogP contribution in [0.1, 0.15) is 0 Å². The fourth-order valence-corrected chi connectivity index (χ4v) is 2.84. The first-order valence-electron chi connectivity index (χ1n) is 5.86. The minimum atomic E-state index is -3.83. The molecular formula is C13H9N2O6S. The van der Waals surface area contributed by atoms with Crippen LogP contribution in [0.4, 0.5) is 11.4 Å². The smallest absolute Gasteiger partial charge is 0.258 e. The van der Waals surface area contributed by atoms with Crippen molar-refractivity contribution in [3.63, 3.8) is 0 Å². The molecule has 0 heterocycles. The van der Waals surface area contributed by atoms with Gasteiger partial charge in [0.2, 0.25) is 0 Å². The number of benzene rings is 2. The molecule has 2 aromatic carbocycles. The lowest BCUT2D eigenvalue weighted by atomic mass is 10.0. The van der Waals surface area contributed by atoms with E-state index in [1.807, 2.05) is 0 Å². The van der Waals surface area contributed by atoms with E-state index < -0.39 is 25.4 Å². The molecule has 0 aliphatic rings. The third kappa shape index (κ3) is 2.93. The number of nitrogens with zero attached hydrogens (tertiary/aromatic N) is 2. The van der Waals surface area contributed by atoms with Crippen LogP contribution in [-0.2, 0) is 9.84 Å². The fraction of sp³-hybridized carbons (Fsp3) is 0.0769. The normalized spacial score (nSPS) is 11.1. The van der Waals surface area contributed by atoms with Gasteiger partial charge in [0.1, 0.15) is 0 Å². The summed E-state index contributed by atoms with van der Waals surface area (Å²) in [5, 5.41) is 21.9. The molecule has 0 amide bonds. The topological polar surface area (TPSA) is 120 Å². The number of nitro benzene ring substituents is 2. The Balaban J connectivity index is 2.82. The first kappa shape index (κ1) is 15.6. The van der Waals surface area contributed by atoms with Gasteiger partial charge in [-0.05, 0) is 12.1 Å². The van der Waals surface area contributed by atoms with Gasteiger partial charge in [-0.3, -0.25) is 20.2 Å². The minimum Gasteiger partial charge on any atom is -0.258 e. The van der Waals surface area contributed by atoms with E-state index in [1.165, 1.54) is 24.3 Å². The second-order valence-electron chi connectivity index (χ2n) is 4.40. The van der Waals surface area contributed by atoms with Crippen molar-refractivity contribution < 1.29 is 18.3 Å². The molecule has 0 bridgehead atoms. The molecule has 0 unspecified atom stereocenters. The molecule has 0 fully saturated rings. The SMILES string of the molecule is CS(=O)(=O)c1cc([N+](=O)[O-])ccc1-c1[c]cccc1[N+](=O)[O-]. The van der Waals surface area contributed by atoms with E-state index in [0.717, 1.165) is 18.4 Å². The number of sulfone groups is 1. The van der Waals surface area contributed by atoms with E-state index in [9.17, 15) is 28.6 Å². The summed E-state index contributed by atoms with van der Waals surface area (Å²) in [6.45, 7) is 0. The Bertz CT molecular complexity index is 876. The minimum absolute atomic E-state index is 0.000370. The van der Waals surface area contributed by atoms with Gasteiger partial charge in [0, 0.05) is 30.0 Å². The van der Waals surface area contributed by atoms with Crippen LogP contribution >= 0.6 is 0 Å². The number of rotatable bonds is 4. The fourth-order valence-electron chi connectivity index (χ4n) is 1.93. The van der Waals surface area contributed by atoms with Crippen molar-refractivity contribution >= 4 is 21.2 Å². The Morgan fingerprint density at radius 3 is 2.32 bits per heavy atom. The van der Waals surface area contributed by atoms with Gasteiger partial charge < -0.3 is 0 Å². The van der Waals surface area contributed by atoms with Gasteiger partial charge >= 0.3 is 0 Å². The zero-order valence-corrected chi connectivity index (χ0v) is 12.0. The van der Waals surface area contributed by atoms with Gasteiger partial charge in [-0.1, -0.05) is 12.1 Å². The van der Waals surface area contributed by atoms with E-state index >= 15 is 0 Å². The first-order valence-corrected chi connectivity index (χ1v) is 7.75. The van der Waals surface area contributed by atoms with Gasteiger partial charge in [-0.2, -0.15) is 0 Å². The van der Waals surface area contributed by atoms with Gasteiger partial charge in [0.25, 0.3) is 11.4 Å². The lowest BCUT2D eigenvalue weighted by Gasteiger charge is -2.08. The van der Waals surface area contributed by atoms with Crippen molar-refractivity contribution in [2.75, 3.05) is 6.26 Å². The van der Waals surface area contributed by atoms with Crippen LogP contribution in [-0.4, -0.2) is 24.5 Å². The van der Waals surface area contributed by atoms with Crippen LogP contribution in [0, 0.1) is 26.3 Å². The molecule has 0 aromatic heterocycles. The standard InChI is InChI=1S/C13H9N2O6S/c1-22(20,21)13-8-9(14(16)17)6-7-11(13)10-4-2-3-5-12(10)15(18)19/h2-3,5-8H,1H3. The highest BCUT2D eigenvalue weighted by Gasteiger charge is 2.24. The average molecular weight is 321 g/mol. The van der Waals surface area contributed by atoms with Crippen LogP contribution < -0.4 is 0 Å². The van der Waals surface area contributed by atoms with Crippen molar-refractivity contribution in [2.24, 2.45) is 0 Å². The Labute approximate surface area is 125 Å². The molecule has 0 atom stereocenters. The summed E-state index contributed by atoms with van der Waals surface area (Å²) < 4.78 is 23.8. The molecule has 0 saturated heterocycles. The van der Waals surface area contributed by atoms with Crippen molar-refractivity contribution in [1.82, 2.24) is 0 Å². The van der Waals surface area contributed by atoms with Gasteiger partial charge in [0.05, 0.1) is 20.3 Å². The van der Waals surface area contributed by atoms with Crippen molar-refractivity contribution in [3.8, 4) is 11.1 Å². The van der Waals surface area contributed by atoms with Crippen LogP contribution in [0.5, 0.6) is 0 Å². The predicted molar refractivity (Wildman–Crippen MR) is 77.1 cm³/mol. The van der Waals surface area contributed by atoms with Gasteiger partial charge in [0.15, 0.2) is 9.84 Å². The summed E-state index contributed by atoms with van der Waals surface area (Å²) in [5.74, 6) is 0. The van der Waals surface area contributed by atoms with Crippen LogP contribution in [0.3, 0.4) is 0 Å². The summed E-state index contributed by atoms with van der Waals surface area (Å²) in [6, 6.07) is 9.77. The van der Waals surface area contributed by atoms with E-state index in [0.29, 0.717) is 0 Å². The summed E-state index contributed by atoms with van der Waals surface area (Å²) in [7, 11) is -3.83. The molecule has 0 spiro atoms. The van der Waals surface area contributed by atoms with Crippen molar-refractivity contribution in [1.29, 1.82) is 0 Å². The summed E-state index contributed by atoms with van der Waals surface area (Å²) >= 11 is 0. The molecule has 113 valence electrons. The molecule has 9 heteroatoms. The van der Waals surface area contributed by atoms with Crippen molar-refractivity contribution in [2.45, 2.75) is 4.90 Å². The third-order valence-corrected chi connectivity index (χ3v) is 4.01. The monoisotopic (exact) mass is 321 g/mol. The number of nitro groups is 2. The second-order valence-corrected chi connectivity index (χ2v) is 6.38. The van der Waals surface area contributed by atoms with Crippen LogP contribution in [0.15, 0.2) is 41.3 Å². The maximum atomic E-state index is 11.9. The zero-order chi connectivity index (χ0) is 16.5. The van der Waals surface area contributed by atoms with Crippen LogP contribution in [0.2, 0.25) is 0 Å². The van der Waals surface area contributed by atoms with Crippen LogP contribution in [0.25, 0.3) is 11.1 Å². The molecule has 0 aliphatic heterocycles. The van der Waals surface area contributed by atoms with E-state index in [4.69, 9.17) is 0 Å². The molecule has 2 rings (SSSR count). The highest BCUT2D eigenvalue weighted by atomic mass is 32.2. The molecule has 22 heavy (non-hydrogen) atoms. The first-order chi connectivity index (χ1) is 10.2. The third-order valence-electron chi connectivity index (χ3n) is 2.88. The molecular weight excluding hydrogens is 312 g/mol. The van der Waals surface area contributed by atoms with E-state index in [2.05, 4.69) is 6.07 Å².